The van der Waals surface area contributed by atoms with E-state index in [1.807, 2.05) is 0 Å². The second-order valence-corrected chi connectivity index (χ2v) is 4.45. The molecule has 0 aliphatic heterocycles. The molecule has 0 spiro atoms. The van der Waals surface area contributed by atoms with Crippen molar-refractivity contribution in [2.45, 2.75) is 19.6 Å². The smallest absolute Gasteiger partial charge is 0.247 e. The van der Waals surface area contributed by atoms with Gasteiger partial charge in [0.1, 0.15) is 5.83 Å². The predicted molar refractivity (Wildman–Crippen MR) is 70.2 cm³/mol. The Morgan fingerprint density at radius 3 is 1.16 bits per heavy atom. The van der Waals surface area contributed by atoms with Crippen molar-refractivity contribution in [1.82, 2.24) is 13.7 Å². The van der Waals surface area contributed by atoms with Gasteiger partial charge in [-0.05, 0) is 0 Å². The largest absolute Gasteiger partial charge is 0.337 e. The first-order valence-electron chi connectivity index (χ1n) is 6.14. The lowest BCUT2D eigenvalue weighted by molar-refractivity contribution is 0.344. The molecule has 0 aliphatic carbocycles. The lowest BCUT2D eigenvalue weighted by Gasteiger charge is -2.12. The molecule has 6 nitrogen and oxygen atoms in total. The third kappa shape index (κ3) is 4.58. The van der Waals surface area contributed by atoms with E-state index in [9.17, 15) is 45.1 Å². The third-order valence-electron chi connectivity index (χ3n) is 2.72. The van der Waals surface area contributed by atoms with E-state index in [1.165, 1.54) is 0 Å². The van der Waals surface area contributed by atoms with Crippen LogP contribution in [0, 0.1) is 0 Å². The van der Waals surface area contributed by atoms with Crippen molar-refractivity contribution in [3.05, 3.63) is 67.7 Å². The van der Waals surface area contributed by atoms with Crippen LogP contribution in [0.3, 0.4) is 0 Å². The zero-order chi connectivity index (χ0) is 19.5. The van der Waals surface area contributed by atoms with E-state index in [0.29, 0.717) is 0 Å². The molecule has 0 N–H and O–H groups in total. The summed E-state index contributed by atoms with van der Waals surface area (Å²) in [5.74, 6) is -5.80. The molecule has 0 aromatic carbocycles. The fourth-order valence-corrected chi connectivity index (χ4v) is 1.66. The Morgan fingerprint density at radius 2 is 0.920 bits per heavy atom. The van der Waals surface area contributed by atoms with E-state index >= 15 is 0 Å². The topological polar surface area (TPSA) is 66.0 Å². The lowest BCUT2D eigenvalue weighted by Crippen LogP contribution is -2.54. The summed E-state index contributed by atoms with van der Waals surface area (Å²) in [6.45, 7) is -1.82. The fraction of sp³-hybridized carbons (Fsp3) is 0.250. The molecule has 0 radical (unpaired) electrons. The van der Waals surface area contributed by atoms with Crippen molar-refractivity contribution in [1.29, 1.82) is 0 Å². The van der Waals surface area contributed by atoms with Crippen LogP contribution < -0.4 is 17.1 Å². The highest BCUT2D eigenvalue weighted by Crippen LogP contribution is 2.11. The molecule has 0 aliphatic rings. The number of rotatable bonds is 6. The summed E-state index contributed by atoms with van der Waals surface area (Å²) in [7, 11) is 0. The van der Waals surface area contributed by atoms with Crippen LogP contribution in [0.4, 0.5) is 30.7 Å². The zero-order valence-electron chi connectivity index (χ0n) is 12.0. The van der Waals surface area contributed by atoms with Crippen LogP contribution in [-0.2, 0) is 19.6 Å². The van der Waals surface area contributed by atoms with Crippen LogP contribution in [0.25, 0.3) is 0 Å². The van der Waals surface area contributed by atoms with Crippen molar-refractivity contribution in [3.8, 4) is 0 Å². The molecule has 138 valence electrons. The van der Waals surface area contributed by atoms with Gasteiger partial charge in [-0.3, -0.25) is 0 Å². The first kappa shape index (κ1) is 20.2. The number of nitrogens with zero attached hydrogens (tertiary/aromatic N) is 3. The number of halogens is 7. The van der Waals surface area contributed by atoms with Crippen LogP contribution in [0.2, 0.25) is 0 Å². The average Bonchev–Trinajstić information content (AvgIpc) is 2.51. The quantitative estimate of drug-likeness (QED) is 0.713. The van der Waals surface area contributed by atoms with Gasteiger partial charge >= 0.3 is 29.2 Å². The summed E-state index contributed by atoms with van der Waals surface area (Å²) in [5, 5.41) is 0. The molecular formula is C12H8F7N3O3. The van der Waals surface area contributed by atoms with Gasteiger partial charge in [0.2, 0.25) is 0 Å². The van der Waals surface area contributed by atoms with Crippen LogP contribution in [0.5, 0.6) is 0 Å². The third-order valence-corrected chi connectivity index (χ3v) is 2.72. The Balaban J connectivity index is 3.79. The van der Waals surface area contributed by atoms with E-state index in [1.54, 1.807) is 0 Å². The van der Waals surface area contributed by atoms with Gasteiger partial charge in [0.15, 0.2) is 11.7 Å². The Labute approximate surface area is 133 Å². The minimum atomic E-state index is -2.90. The molecule has 0 atom stereocenters. The monoisotopic (exact) mass is 375 g/mol. The van der Waals surface area contributed by atoms with Crippen LogP contribution >= 0.6 is 0 Å². The SMILES string of the molecule is C=C(F)Cn1c(=O)n(CC(F)=C(F)F)c(=O)n(CC(F)=C(F)F)c1=O. The maximum Gasteiger partial charge on any atom is 0.337 e. The van der Waals surface area contributed by atoms with Gasteiger partial charge in [0, 0.05) is 0 Å². The molecule has 1 aromatic heterocycles. The van der Waals surface area contributed by atoms with Gasteiger partial charge in [-0.25, -0.2) is 41.3 Å². The van der Waals surface area contributed by atoms with E-state index in [4.69, 9.17) is 0 Å². The predicted octanol–water partition coefficient (Wildman–Crippen LogP) is 1.81. The van der Waals surface area contributed by atoms with Gasteiger partial charge in [0.05, 0.1) is 19.6 Å². The number of allylic oxidation sites excluding steroid dienone is 3. The average molecular weight is 375 g/mol. The highest BCUT2D eigenvalue weighted by molar-refractivity contribution is 4.97. The van der Waals surface area contributed by atoms with Crippen molar-refractivity contribution < 1.29 is 30.7 Å². The fourth-order valence-electron chi connectivity index (χ4n) is 1.66. The van der Waals surface area contributed by atoms with Crippen LogP contribution in [0.1, 0.15) is 0 Å². The van der Waals surface area contributed by atoms with Crippen molar-refractivity contribution in [2.24, 2.45) is 0 Å². The summed E-state index contributed by atoms with van der Waals surface area (Å²) >= 11 is 0. The summed E-state index contributed by atoms with van der Waals surface area (Å²) < 4.78 is 86.9. The molecule has 1 heterocycles. The van der Waals surface area contributed by atoms with Crippen molar-refractivity contribution in [2.75, 3.05) is 0 Å². The van der Waals surface area contributed by atoms with Crippen LogP contribution in [0.15, 0.2) is 50.6 Å². The molecule has 13 heteroatoms. The first-order valence-corrected chi connectivity index (χ1v) is 6.14. The standard InChI is InChI=1S/C12H8F7N3O3/c1-5(13)2-20-10(23)21(3-6(14)8(16)17)12(25)22(11(20)24)4-7(15)9(18)19/h1-4H2. The molecule has 25 heavy (non-hydrogen) atoms. The van der Waals surface area contributed by atoms with Gasteiger partial charge in [0.25, 0.3) is 0 Å². The second kappa shape index (κ2) is 7.81. The van der Waals surface area contributed by atoms with Crippen molar-refractivity contribution in [3.63, 3.8) is 0 Å². The molecule has 0 saturated heterocycles. The van der Waals surface area contributed by atoms with Crippen LogP contribution in [-0.4, -0.2) is 13.7 Å². The van der Waals surface area contributed by atoms with E-state index in [2.05, 4.69) is 6.58 Å². The second-order valence-electron chi connectivity index (χ2n) is 4.45. The molecule has 0 saturated carbocycles. The van der Waals surface area contributed by atoms with Gasteiger partial charge in [-0.1, -0.05) is 6.58 Å². The minimum Gasteiger partial charge on any atom is -0.247 e. The Hall–Kier alpha value is -2.86. The molecule has 0 bridgehead atoms. The van der Waals surface area contributed by atoms with Gasteiger partial charge in [-0.15, -0.1) is 0 Å². The molecule has 0 fully saturated rings. The summed E-state index contributed by atoms with van der Waals surface area (Å²) in [5.41, 5.74) is -5.28. The zero-order valence-corrected chi connectivity index (χ0v) is 12.0. The summed E-state index contributed by atoms with van der Waals surface area (Å²) in [6.07, 6.45) is -5.79. The maximum atomic E-state index is 13.0. The Kier molecular flexibility index (Phi) is 6.30. The van der Waals surface area contributed by atoms with Gasteiger partial charge in [-0.2, -0.15) is 17.6 Å². The minimum absolute atomic E-state index is 0.115. The Morgan fingerprint density at radius 1 is 0.640 bits per heavy atom. The summed E-state index contributed by atoms with van der Waals surface area (Å²) in [6, 6.07) is 0. The molecule has 1 aromatic rings. The van der Waals surface area contributed by atoms with E-state index in [0.717, 1.165) is 0 Å². The number of aromatic nitrogens is 3. The highest BCUT2D eigenvalue weighted by atomic mass is 19.3. The lowest BCUT2D eigenvalue weighted by atomic mass is 10.5. The van der Waals surface area contributed by atoms with Gasteiger partial charge < -0.3 is 0 Å². The molecular weight excluding hydrogens is 367 g/mol. The Bertz CT molecular complexity index is 866. The maximum absolute atomic E-state index is 13.0. The first-order chi connectivity index (χ1) is 11.5. The molecule has 1 rings (SSSR count). The number of hydrogen-bond acceptors (Lipinski definition) is 3. The highest BCUT2D eigenvalue weighted by Gasteiger charge is 2.20. The number of hydrogen-bond donors (Lipinski definition) is 0. The molecule has 0 amide bonds. The van der Waals surface area contributed by atoms with E-state index < -0.39 is 66.3 Å². The molecule has 0 unspecified atom stereocenters. The van der Waals surface area contributed by atoms with E-state index in [-0.39, 0.29) is 13.7 Å². The summed E-state index contributed by atoms with van der Waals surface area (Å²) in [4.78, 5) is 35.7. The normalized spacial score (nSPS) is 10.5. The van der Waals surface area contributed by atoms with Crippen molar-refractivity contribution >= 4 is 0 Å².